The molecule has 1 amide bonds. The van der Waals surface area contributed by atoms with Crippen LogP contribution in [-0.4, -0.2) is 55.8 Å². The Morgan fingerprint density at radius 1 is 0.912 bits per heavy atom. The smallest absolute Gasteiger partial charge is 0.251 e. The number of aryl methyl sites for hydroxylation is 1. The first-order valence-corrected chi connectivity index (χ1v) is 14.0. The van der Waals surface area contributed by atoms with Gasteiger partial charge in [0, 0.05) is 44.3 Å². The van der Waals surface area contributed by atoms with Gasteiger partial charge in [-0.05, 0) is 49.6 Å². The second-order valence-corrected chi connectivity index (χ2v) is 11.6. The van der Waals surface area contributed by atoms with Gasteiger partial charge in [0.15, 0.2) is 0 Å². The maximum atomic E-state index is 13.0. The molecule has 0 radical (unpaired) electrons. The molecule has 4 rings (SSSR count). The van der Waals surface area contributed by atoms with Crippen LogP contribution in [0, 0.1) is 6.92 Å². The minimum atomic E-state index is -3.46. The Hall–Kier alpha value is -2.22. The van der Waals surface area contributed by atoms with Crippen molar-refractivity contribution in [2.75, 3.05) is 26.2 Å². The number of carbonyl (C=O) groups excluding carboxylic acids is 1. The molecule has 1 heterocycles. The number of hydrogen-bond acceptors (Lipinski definition) is 4. The van der Waals surface area contributed by atoms with Crippen LogP contribution in [0.25, 0.3) is 0 Å². The predicted octanol–water partition coefficient (Wildman–Crippen LogP) is 4.34. The first-order chi connectivity index (χ1) is 16.4. The molecule has 0 bridgehead atoms. The first-order valence-electron chi connectivity index (χ1n) is 12.6. The van der Waals surface area contributed by atoms with Crippen LogP contribution in [0.4, 0.5) is 0 Å². The van der Waals surface area contributed by atoms with Crippen molar-refractivity contribution >= 4 is 15.9 Å². The lowest BCUT2D eigenvalue weighted by Crippen LogP contribution is -2.48. The minimum absolute atomic E-state index is 0.0152. The summed E-state index contributed by atoms with van der Waals surface area (Å²) in [5.74, 6) is 0.0152. The second kappa shape index (κ2) is 11.5. The Bertz CT molecular complexity index is 1050. The van der Waals surface area contributed by atoms with Crippen LogP contribution in [0.1, 0.15) is 66.4 Å². The molecule has 34 heavy (non-hydrogen) atoms. The molecule has 2 aliphatic rings. The third-order valence-corrected chi connectivity index (χ3v) is 8.94. The Balaban J connectivity index is 1.31. The van der Waals surface area contributed by atoms with Gasteiger partial charge in [-0.15, -0.1) is 0 Å². The van der Waals surface area contributed by atoms with Crippen LogP contribution in [0.2, 0.25) is 0 Å². The molecular formula is C27H37N3O3S. The van der Waals surface area contributed by atoms with E-state index in [0.29, 0.717) is 43.2 Å². The SMILES string of the molecule is Cc1ccc(S(=O)(=O)N2CCN(Cc3cccc(C(=O)NC4CCCCCCC4)c3)CC2)cc1. The number of benzene rings is 2. The topological polar surface area (TPSA) is 69.7 Å². The van der Waals surface area contributed by atoms with E-state index in [1.165, 1.54) is 32.1 Å². The third kappa shape index (κ3) is 6.46. The highest BCUT2D eigenvalue weighted by atomic mass is 32.2. The molecule has 1 saturated carbocycles. The molecule has 0 aromatic heterocycles. The number of hydrogen-bond donors (Lipinski definition) is 1. The molecule has 6 nitrogen and oxygen atoms in total. The lowest BCUT2D eigenvalue weighted by Gasteiger charge is -2.34. The van der Waals surface area contributed by atoms with E-state index in [1.54, 1.807) is 16.4 Å². The van der Waals surface area contributed by atoms with Crippen LogP contribution < -0.4 is 5.32 Å². The van der Waals surface area contributed by atoms with Gasteiger partial charge in [0.2, 0.25) is 10.0 Å². The third-order valence-electron chi connectivity index (χ3n) is 7.03. The number of piperazine rings is 1. The fourth-order valence-corrected chi connectivity index (χ4v) is 6.35. The summed E-state index contributed by atoms with van der Waals surface area (Å²) in [5.41, 5.74) is 2.84. The maximum Gasteiger partial charge on any atom is 0.251 e. The van der Waals surface area contributed by atoms with E-state index in [0.717, 1.165) is 24.0 Å². The molecule has 0 spiro atoms. The molecule has 1 aliphatic heterocycles. The molecule has 0 atom stereocenters. The van der Waals surface area contributed by atoms with Gasteiger partial charge in [0.1, 0.15) is 0 Å². The summed E-state index contributed by atoms with van der Waals surface area (Å²) in [7, 11) is -3.46. The molecule has 184 valence electrons. The summed E-state index contributed by atoms with van der Waals surface area (Å²) in [6, 6.07) is 15.2. The van der Waals surface area contributed by atoms with Crippen LogP contribution in [-0.2, 0) is 16.6 Å². The van der Waals surface area contributed by atoms with E-state index in [4.69, 9.17) is 0 Å². The number of nitrogens with zero attached hydrogens (tertiary/aromatic N) is 2. The fourth-order valence-electron chi connectivity index (χ4n) is 4.93. The molecule has 2 aromatic rings. The molecule has 2 fully saturated rings. The van der Waals surface area contributed by atoms with E-state index in [-0.39, 0.29) is 11.9 Å². The van der Waals surface area contributed by atoms with Crippen molar-refractivity contribution in [2.45, 2.75) is 69.4 Å². The van der Waals surface area contributed by atoms with Crippen LogP contribution in [0.5, 0.6) is 0 Å². The van der Waals surface area contributed by atoms with Gasteiger partial charge in [-0.2, -0.15) is 4.31 Å². The van der Waals surface area contributed by atoms with Crippen molar-refractivity contribution in [3.8, 4) is 0 Å². The van der Waals surface area contributed by atoms with Crippen LogP contribution >= 0.6 is 0 Å². The van der Waals surface area contributed by atoms with E-state index < -0.39 is 10.0 Å². The fraction of sp³-hybridized carbons (Fsp3) is 0.519. The summed E-state index contributed by atoms with van der Waals surface area (Å²) in [4.78, 5) is 15.5. The standard InChI is InChI=1S/C27H37N3O3S/c1-22-12-14-26(15-13-22)34(32,33)30-18-16-29(17-19-30)21-23-8-7-9-24(20-23)27(31)28-25-10-5-3-2-4-6-11-25/h7-9,12-15,20,25H,2-6,10-11,16-19,21H2,1H3,(H,28,31). The summed E-state index contributed by atoms with van der Waals surface area (Å²) in [6.45, 7) is 4.94. The molecule has 1 saturated heterocycles. The monoisotopic (exact) mass is 483 g/mol. The Kier molecular flexibility index (Phi) is 8.40. The van der Waals surface area contributed by atoms with Gasteiger partial charge in [0.05, 0.1) is 4.90 Å². The minimum Gasteiger partial charge on any atom is -0.349 e. The van der Waals surface area contributed by atoms with Crippen LogP contribution in [0.3, 0.4) is 0 Å². The number of rotatable bonds is 6. The lowest BCUT2D eigenvalue weighted by atomic mass is 9.96. The van der Waals surface area contributed by atoms with Gasteiger partial charge in [-0.1, -0.05) is 61.9 Å². The van der Waals surface area contributed by atoms with Crippen molar-refractivity contribution < 1.29 is 13.2 Å². The number of sulfonamides is 1. The maximum absolute atomic E-state index is 13.0. The highest BCUT2D eigenvalue weighted by Crippen LogP contribution is 2.20. The van der Waals surface area contributed by atoms with Gasteiger partial charge >= 0.3 is 0 Å². The Labute approximate surface area is 204 Å². The second-order valence-electron chi connectivity index (χ2n) is 9.71. The summed E-state index contributed by atoms with van der Waals surface area (Å²) in [6.07, 6.45) is 8.37. The largest absolute Gasteiger partial charge is 0.349 e. The van der Waals surface area contributed by atoms with E-state index in [2.05, 4.69) is 10.2 Å². The van der Waals surface area contributed by atoms with Crippen molar-refractivity contribution in [1.29, 1.82) is 0 Å². The first kappa shape index (κ1) is 24.9. The van der Waals surface area contributed by atoms with Crippen molar-refractivity contribution in [2.24, 2.45) is 0 Å². The molecule has 7 heteroatoms. The van der Waals surface area contributed by atoms with Gasteiger partial charge in [-0.3, -0.25) is 9.69 Å². The quantitative estimate of drug-likeness (QED) is 0.663. The zero-order valence-corrected chi connectivity index (χ0v) is 21.0. The van der Waals surface area contributed by atoms with Crippen LogP contribution in [0.15, 0.2) is 53.4 Å². The highest BCUT2D eigenvalue weighted by molar-refractivity contribution is 7.89. The lowest BCUT2D eigenvalue weighted by molar-refractivity contribution is 0.0930. The summed E-state index contributed by atoms with van der Waals surface area (Å²) < 4.78 is 27.5. The number of carbonyl (C=O) groups is 1. The molecular weight excluding hydrogens is 446 g/mol. The van der Waals surface area contributed by atoms with E-state index in [9.17, 15) is 13.2 Å². The summed E-state index contributed by atoms with van der Waals surface area (Å²) >= 11 is 0. The van der Waals surface area contributed by atoms with E-state index >= 15 is 0 Å². The van der Waals surface area contributed by atoms with Gasteiger partial charge in [0.25, 0.3) is 5.91 Å². The van der Waals surface area contributed by atoms with Gasteiger partial charge < -0.3 is 5.32 Å². The average molecular weight is 484 g/mol. The molecule has 0 unspecified atom stereocenters. The van der Waals surface area contributed by atoms with Gasteiger partial charge in [-0.25, -0.2) is 8.42 Å². The Morgan fingerprint density at radius 2 is 1.56 bits per heavy atom. The van der Waals surface area contributed by atoms with Crippen molar-refractivity contribution in [1.82, 2.24) is 14.5 Å². The van der Waals surface area contributed by atoms with Crippen molar-refractivity contribution in [3.05, 3.63) is 65.2 Å². The number of amides is 1. The zero-order chi connectivity index (χ0) is 24.0. The predicted molar refractivity (Wildman–Crippen MR) is 135 cm³/mol. The number of nitrogens with one attached hydrogen (secondary N) is 1. The molecule has 1 N–H and O–H groups in total. The molecule has 2 aromatic carbocycles. The Morgan fingerprint density at radius 3 is 2.24 bits per heavy atom. The van der Waals surface area contributed by atoms with E-state index in [1.807, 2.05) is 43.3 Å². The summed E-state index contributed by atoms with van der Waals surface area (Å²) in [5, 5.41) is 3.25. The van der Waals surface area contributed by atoms with Crippen molar-refractivity contribution in [3.63, 3.8) is 0 Å². The average Bonchev–Trinajstić information content (AvgIpc) is 2.81. The molecule has 1 aliphatic carbocycles. The normalized spacial score (nSPS) is 19.3. The zero-order valence-electron chi connectivity index (χ0n) is 20.2. The highest BCUT2D eigenvalue weighted by Gasteiger charge is 2.28.